The van der Waals surface area contributed by atoms with Gasteiger partial charge in [-0.1, -0.05) is 6.07 Å². The monoisotopic (exact) mass is 376 g/mol. The first-order chi connectivity index (χ1) is 11.1. The molecule has 1 saturated carbocycles. The lowest BCUT2D eigenvalue weighted by Crippen LogP contribution is -2.32. The summed E-state index contributed by atoms with van der Waals surface area (Å²) in [5, 5.41) is 3.96. The highest BCUT2D eigenvalue weighted by Gasteiger charge is 2.23. The van der Waals surface area contributed by atoms with Crippen molar-refractivity contribution in [2.75, 3.05) is 6.54 Å². The van der Waals surface area contributed by atoms with Gasteiger partial charge in [0.05, 0.1) is 11.6 Å². The Morgan fingerprint density at radius 2 is 2.09 bits per heavy atom. The summed E-state index contributed by atoms with van der Waals surface area (Å²) in [5.74, 6) is 1.53. The predicted octanol–water partition coefficient (Wildman–Crippen LogP) is 4.07. The number of carbonyl (C=O) groups excluding carboxylic acids is 1. The Balaban J connectivity index is 1.63. The summed E-state index contributed by atoms with van der Waals surface area (Å²) in [7, 11) is 0. The number of carbonyl (C=O) groups is 1. The molecule has 122 valence electrons. The second-order valence-electron chi connectivity index (χ2n) is 6.14. The molecule has 5 heteroatoms. The van der Waals surface area contributed by atoms with Gasteiger partial charge < -0.3 is 10.1 Å². The van der Waals surface area contributed by atoms with E-state index in [0.717, 1.165) is 53.4 Å². The van der Waals surface area contributed by atoms with Crippen LogP contribution in [0.25, 0.3) is 10.9 Å². The Morgan fingerprint density at radius 3 is 2.83 bits per heavy atom. The smallest absolute Gasteiger partial charge is 0.216 e. The molecule has 0 bridgehead atoms. The van der Waals surface area contributed by atoms with Crippen LogP contribution in [0.15, 0.2) is 34.9 Å². The maximum atomic E-state index is 11.0. The van der Waals surface area contributed by atoms with Gasteiger partial charge in [-0.05, 0) is 65.7 Å². The zero-order chi connectivity index (χ0) is 16.2. The van der Waals surface area contributed by atoms with Crippen LogP contribution in [-0.4, -0.2) is 23.5 Å². The molecule has 2 aromatic rings. The number of para-hydroxylation sites is 1. The standard InChI is InChI=1S/C18H21BrN2O2/c1-12(22)21-11-13-5-7-14(8-6-13)23-17-9-10-20-18-15(17)3-2-4-16(18)19/h2-4,9-10,13-14H,5-8,11H2,1H3,(H,21,22). The Bertz CT molecular complexity index is 696. The number of hydrogen-bond donors (Lipinski definition) is 1. The minimum atomic E-state index is 0.0530. The minimum Gasteiger partial charge on any atom is -0.490 e. The fourth-order valence-corrected chi connectivity index (χ4v) is 3.61. The molecule has 1 aliphatic rings. The second-order valence-corrected chi connectivity index (χ2v) is 7.00. The van der Waals surface area contributed by atoms with Crippen molar-refractivity contribution in [3.8, 4) is 5.75 Å². The molecule has 1 aromatic heterocycles. The van der Waals surface area contributed by atoms with Gasteiger partial charge in [-0.2, -0.15) is 0 Å². The molecule has 0 radical (unpaired) electrons. The third kappa shape index (κ3) is 4.02. The van der Waals surface area contributed by atoms with E-state index in [-0.39, 0.29) is 12.0 Å². The van der Waals surface area contributed by atoms with Crippen LogP contribution in [0.2, 0.25) is 0 Å². The highest BCUT2D eigenvalue weighted by atomic mass is 79.9. The number of aromatic nitrogens is 1. The third-order valence-corrected chi connectivity index (χ3v) is 5.05. The molecule has 0 saturated heterocycles. The van der Waals surface area contributed by atoms with Gasteiger partial charge in [0.1, 0.15) is 5.75 Å². The number of ether oxygens (including phenoxy) is 1. The maximum absolute atomic E-state index is 11.0. The molecular weight excluding hydrogens is 356 g/mol. The van der Waals surface area contributed by atoms with Crippen LogP contribution in [0.5, 0.6) is 5.75 Å². The first-order valence-electron chi connectivity index (χ1n) is 8.08. The normalized spacial score (nSPS) is 21.1. The molecule has 1 aliphatic carbocycles. The van der Waals surface area contributed by atoms with Crippen molar-refractivity contribution in [1.29, 1.82) is 0 Å². The lowest BCUT2D eigenvalue weighted by atomic mass is 9.87. The number of nitrogens with zero attached hydrogens (tertiary/aromatic N) is 1. The summed E-state index contributed by atoms with van der Waals surface area (Å²) in [4.78, 5) is 15.4. The van der Waals surface area contributed by atoms with Crippen LogP contribution in [0.3, 0.4) is 0 Å². The van der Waals surface area contributed by atoms with E-state index in [0.29, 0.717) is 5.92 Å². The van der Waals surface area contributed by atoms with Crippen LogP contribution < -0.4 is 10.1 Å². The van der Waals surface area contributed by atoms with Gasteiger partial charge in [-0.15, -0.1) is 0 Å². The van der Waals surface area contributed by atoms with Crippen LogP contribution in [0, 0.1) is 5.92 Å². The molecule has 1 amide bonds. The zero-order valence-electron chi connectivity index (χ0n) is 13.2. The lowest BCUT2D eigenvalue weighted by molar-refractivity contribution is -0.119. The Morgan fingerprint density at radius 1 is 1.30 bits per heavy atom. The first-order valence-corrected chi connectivity index (χ1v) is 8.87. The van der Waals surface area contributed by atoms with Crippen molar-refractivity contribution >= 4 is 32.7 Å². The number of fused-ring (bicyclic) bond motifs is 1. The van der Waals surface area contributed by atoms with Crippen molar-refractivity contribution in [3.63, 3.8) is 0 Å². The number of nitrogens with one attached hydrogen (secondary N) is 1. The van der Waals surface area contributed by atoms with E-state index in [2.05, 4.69) is 26.2 Å². The average molecular weight is 377 g/mol. The summed E-state index contributed by atoms with van der Waals surface area (Å²) < 4.78 is 7.23. The molecule has 3 rings (SSSR count). The second kappa shape index (κ2) is 7.30. The quantitative estimate of drug-likeness (QED) is 0.874. The number of pyridine rings is 1. The van der Waals surface area contributed by atoms with Gasteiger partial charge in [-0.25, -0.2) is 0 Å². The Labute approximate surface area is 144 Å². The zero-order valence-corrected chi connectivity index (χ0v) is 14.8. The van der Waals surface area contributed by atoms with Crippen LogP contribution in [-0.2, 0) is 4.79 Å². The number of hydrogen-bond acceptors (Lipinski definition) is 3. The highest BCUT2D eigenvalue weighted by molar-refractivity contribution is 9.10. The Hall–Kier alpha value is -1.62. The lowest BCUT2D eigenvalue weighted by Gasteiger charge is -2.29. The largest absolute Gasteiger partial charge is 0.490 e. The molecule has 0 spiro atoms. The summed E-state index contributed by atoms with van der Waals surface area (Å²) in [6, 6.07) is 7.99. The SMILES string of the molecule is CC(=O)NCC1CCC(Oc2ccnc3c(Br)cccc23)CC1. The highest BCUT2D eigenvalue weighted by Crippen LogP contribution is 2.32. The van der Waals surface area contributed by atoms with Gasteiger partial charge in [0.2, 0.25) is 5.91 Å². The maximum Gasteiger partial charge on any atom is 0.216 e. The van der Waals surface area contributed by atoms with Crippen LogP contribution >= 0.6 is 15.9 Å². The molecule has 1 N–H and O–H groups in total. The molecule has 0 atom stereocenters. The van der Waals surface area contributed by atoms with E-state index in [1.165, 1.54) is 0 Å². The molecule has 1 fully saturated rings. The van der Waals surface area contributed by atoms with E-state index in [1.807, 2.05) is 24.3 Å². The predicted molar refractivity (Wildman–Crippen MR) is 94.5 cm³/mol. The molecule has 23 heavy (non-hydrogen) atoms. The minimum absolute atomic E-state index is 0.0530. The van der Waals surface area contributed by atoms with Crippen LogP contribution in [0.1, 0.15) is 32.6 Å². The van der Waals surface area contributed by atoms with Gasteiger partial charge in [0.25, 0.3) is 0 Å². The van der Waals surface area contributed by atoms with Crippen molar-refractivity contribution in [2.45, 2.75) is 38.7 Å². The molecule has 1 aromatic carbocycles. The summed E-state index contributed by atoms with van der Waals surface area (Å²) in [5.41, 5.74) is 0.935. The number of rotatable bonds is 4. The number of halogens is 1. The third-order valence-electron chi connectivity index (χ3n) is 4.41. The van der Waals surface area contributed by atoms with Gasteiger partial charge >= 0.3 is 0 Å². The van der Waals surface area contributed by atoms with Crippen LogP contribution in [0.4, 0.5) is 0 Å². The summed E-state index contributed by atoms with van der Waals surface area (Å²) >= 11 is 3.54. The summed E-state index contributed by atoms with van der Waals surface area (Å²) in [6.07, 6.45) is 6.29. The summed E-state index contributed by atoms with van der Waals surface area (Å²) in [6.45, 7) is 2.36. The van der Waals surface area contributed by atoms with E-state index in [9.17, 15) is 4.79 Å². The van der Waals surface area contributed by atoms with Crippen molar-refractivity contribution < 1.29 is 9.53 Å². The average Bonchev–Trinajstić information content (AvgIpc) is 2.55. The van der Waals surface area contributed by atoms with Crippen molar-refractivity contribution in [1.82, 2.24) is 10.3 Å². The fourth-order valence-electron chi connectivity index (χ4n) is 3.14. The number of benzene rings is 1. The van der Waals surface area contributed by atoms with Gasteiger partial charge in [0, 0.05) is 29.5 Å². The van der Waals surface area contributed by atoms with E-state index in [4.69, 9.17) is 4.74 Å². The molecular formula is C18H21BrN2O2. The Kier molecular flexibility index (Phi) is 5.16. The van der Waals surface area contributed by atoms with E-state index >= 15 is 0 Å². The van der Waals surface area contributed by atoms with Gasteiger partial charge in [-0.3, -0.25) is 9.78 Å². The van der Waals surface area contributed by atoms with Gasteiger partial charge in [0.15, 0.2) is 0 Å². The molecule has 1 heterocycles. The topological polar surface area (TPSA) is 51.2 Å². The van der Waals surface area contributed by atoms with E-state index < -0.39 is 0 Å². The number of amides is 1. The van der Waals surface area contributed by atoms with Crippen molar-refractivity contribution in [3.05, 3.63) is 34.9 Å². The first kappa shape index (κ1) is 16.2. The molecule has 4 nitrogen and oxygen atoms in total. The fraction of sp³-hybridized carbons (Fsp3) is 0.444. The molecule has 0 unspecified atom stereocenters. The van der Waals surface area contributed by atoms with Crippen molar-refractivity contribution in [2.24, 2.45) is 5.92 Å². The molecule has 0 aliphatic heterocycles. The van der Waals surface area contributed by atoms with E-state index in [1.54, 1.807) is 13.1 Å².